The zero-order valence-electron chi connectivity index (χ0n) is 17.0. The Kier molecular flexibility index (Phi) is 10.1. The monoisotopic (exact) mass is 503 g/mol. The van der Waals surface area contributed by atoms with Gasteiger partial charge >= 0.3 is 0 Å². The van der Waals surface area contributed by atoms with Crippen molar-refractivity contribution in [2.75, 3.05) is 71.0 Å². The van der Waals surface area contributed by atoms with E-state index < -0.39 is 0 Å². The van der Waals surface area contributed by atoms with Gasteiger partial charge in [-0.05, 0) is 25.5 Å². The Hall–Kier alpha value is -1.26. The number of hydrogen-bond donors (Lipinski definition) is 2. The molecule has 0 radical (unpaired) electrons. The molecule has 28 heavy (non-hydrogen) atoms. The molecule has 0 saturated carbocycles. The fourth-order valence-corrected chi connectivity index (χ4v) is 3.63. The van der Waals surface area contributed by atoms with Gasteiger partial charge in [-0.25, -0.2) is 0 Å². The van der Waals surface area contributed by atoms with Crippen molar-refractivity contribution in [1.29, 1.82) is 0 Å². The molecule has 0 aliphatic carbocycles. The Balaban J connectivity index is 0.00000280. The summed E-state index contributed by atoms with van der Waals surface area (Å²) < 4.78 is 10.9. The molecule has 0 amide bonds. The van der Waals surface area contributed by atoms with Crippen molar-refractivity contribution in [1.82, 2.24) is 15.5 Å². The Morgan fingerprint density at radius 2 is 2.04 bits per heavy atom. The van der Waals surface area contributed by atoms with Crippen molar-refractivity contribution in [3.63, 3.8) is 0 Å². The number of aliphatic imine (C=N–C) groups is 1. The Labute approximate surface area is 185 Å². The molecular formula is C20H34IN5O2. The second kappa shape index (κ2) is 12.3. The van der Waals surface area contributed by atoms with E-state index in [1.807, 2.05) is 12.1 Å². The zero-order valence-corrected chi connectivity index (χ0v) is 19.4. The van der Waals surface area contributed by atoms with Gasteiger partial charge < -0.3 is 25.0 Å². The molecular weight excluding hydrogens is 469 g/mol. The molecule has 2 heterocycles. The lowest BCUT2D eigenvalue weighted by atomic mass is 10.2. The van der Waals surface area contributed by atoms with Crippen LogP contribution in [0.3, 0.4) is 0 Å². The molecule has 0 spiro atoms. The van der Waals surface area contributed by atoms with Crippen LogP contribution in [0, 0.1) is 0 Å². The zero-order chi connectivity index (χ0) is 18.9. The standard InChI is InChI=1S/C20H33N5O2.HI/c1-3-21-20(22-9-11-24-12-14-27-15-13-24)23-17-8-10-25(16-17)18-6-4-5-7-19(18)26-2;/h4-7,17H,3,8-16H2,1-2H3,(H2,21,22,23);1H. The minimum atomic E-state index is 0. The average Bonchev–Trinajstić information content (AvgIpc) is 3.17. The largest absolute Gasteiger partial charge is 0.495 e. The van der Waals surface area contributed by atoms with E-state index in [0.29, 0.717) is 6.04 Å². The first-order chi connectivity index (χ1) is 13.3. The maximum absolute atomic E-state index is 5.51. The van der Waals surface area contributed by atoms with Crippen molar-refractivity contribution < 1.29 is 9.47 Å². The van der Waals surface area contributed by atoms with Crippen molar-refractivity contribution in [2.24, 2.45) is 4.99 Å². The average molecular weight is 503 g/mol. The van der Waals surface area contributed by atoms with Gasteiger partial charge in [-0.2, -0.15) is 0 Å². The number of nitrogens with zero attached hydrogens (tertiary/aromatic N) is 3. The smallest absolute Gasteiger partial charge is 0.191 e. The van der Waals surface area contributed by atoms with Crippen LogP contribution in [0.4, 0.5) is 5.69 Å². The molecule has 2 aliphatic heterocycles. The molecule has 1 aromatic carbocycles. The van der Waals surface area contributed by atoms with E-state index in [1.54, 1.807) is 7.11 Å². The van der Waals surface area contributed by atoms with Gasteiger partial charge in [-0.15, -0.1) is 24.0 Å². The van der Waals surface area contributed by atoms with Gasteiger partial charge in [0.15, 0.2) is 5.96 Å². The van der Waals surface area contributed by atoms with Crippen molar-refractivity contribution in [3.8, 4) is 5.75 Å². The van der Waals surface area contributed by atoms with Gasteiger partial charge in [0, 0.05) is 45.3 Å². The molecule has 3 rings (SSSR count). The van der Waals surface area contributed by atoms with Gasteiger partial charge in [0.1, 0.15) is 5.75 Å². The van der Waals surface area contributed by atoms with Gasteiger partial charge in [-0.1, -0.05) is 12.1 Å². The number of hydrogen-bond acceptors (Lipinski definition) is 5. The lowest BCUT2D eigenvalue weighted by Gasteiger charge is -2.26. The summed E-state index contributed by atoms with van der Waals surface area (Å²) in [5.74, 6) is 1.85. The summed E-state index contributed by atoms with van der Waals surface area (Å²) in [5, 5.41) is 6.98. The van der Waals surface area contributed by atoms with Crippen molar-refractivity contribution >= 4 is 35.6 Å². The summed E-state index contributed by atoms with van der Waals surface area (Å²) in [6.07, 6.45) is 1.09. The van der Waals surface area contributed by atoms with Crippen LogP contribution < -0.4 is 20.3 Å². The highest BCUT2D eigenvalue weighted by atomic mass is 127. The third kappa shape index (κ3) is 6.66. The van der Waals surface area contributed by atoms with Crippen LogP contribution in [0.1, 0.15) is 13.3 Å². The predicted octanol–water partition coefficient (Wildman–Crippen LogP) is 1.78. The number of benzene rings is 1. The summed E-state index contributed by atoms with van der Waals surface area (Å²) >= 11 is 0. The first kappa shape index (κ1) is 23.0. The third-order valence-electron chi connectivity index (χ3n) is 5.09. The second-order valence-corrected chi connectivity index (χ2v) is 6.96. The van der Waals surface area contributed by atoms with Gasteiger partial charge in [0.25, 0.3) is 0 Å². The molecule has 0 bridgehead atoms. The molecule has 2 fully saturated rings. The molecule has 2 N–H and O–H groups in total. The molecule has 8 heteroatoms. The van der Waals surface area contributed by atoms with Crippen LogP contribution in [0.2, 0.25) is 0 Å². The van der Waals surface area contributed by atoms with E-state index in [9.17, 15) is 0 Å². The van der Waals surface area contributed by atoms with Crippen LogP contribution in [0.25, 0.3) is 0 Å². The summed E-state index contributed by atoms with van der Waals surface area (Å²) in [6.45, 7) is 10.4. The number of para-hydroxylation sites is 2. The number of ether oxygens (including phenoxy) is 2. The van der Waals surface area contributed by atoms with Crippen molar-refractivity contribution in [2.45, 2.75) is 19.4 Å². The van der Waals surface area contributed by atoms with E-state index in [1.165, 1.54) is 5.69 Å². The first-order valence-corrected chi connectivity index (χ1v) is 10.0. The third-order valence-corrected chi connectivity index (χ3v) is 5.09. The van der Waals surface area contributed by atoms with E-state index in [2.05, 4.69) is 39.5 Å². The maximum Gasteiger partial charge on any atom is 0.191 e. The molecule has 1 atom stereocenters. The van der Waals surface area contributed by atoms with E-state index in [0.717, 1.165) is 77.2 Å². The number of guanidine groups is 1. The molecule has 158 valence electrons. The minimum absolute atomic E-state index is 0. The quantitative estimate of drug-likeness (QED) is 0.336. The first-order valence-electron chi connectivity index (χ1n) is 10.0. The fourth-order valence-electron chi connectivity index (χ4n) is 3.63. The summed E-state index contributed by atoms with van der Waals surface area (Å²) in [4.78, 5) is 9.57. The summed E-state index contributed by atoms with van der Waals surface area (Å²) in [5.41, 5.74) is 1.17. The van der Waals surface area contributed by atoms with Crippen LogP contribution in [-0.4, -0.2) is 83.0 Å². The molecule has 2 saturated heterocycles. The van der Waals surface area contributed by atoms with Gasteiger partial charge in [0.2, 0.25) is 0 Å². The number of halogens is 1. The molecule has 0 aromatic heterocycles. The van der Waals surface area contributed by atoms with E-state index in [-0.39, 0.29) is 24.0 Å². The molecule has 1 aromatic rings. The molecule has 2 aliphatic rings. The Morgan fingerprint density at radius 1 is 1.25 bits per heavy atom. The maximum atomic E-state index is 5.51. The van der Waals surface area contributed by atoms with Crippen LogP contribution in [0.15, 0.2) is 29.3 Å². The summed E-state index contributed by atoms with van der Waals surface area (Å²) in [7, 11) is 1.73. The van der Waals surface area contributed by atoms with Crippen LogP contribution in [-0.2, 0) is 4.74 Å². The number of rotatable bonds is 7. The highest BCUT2D eigenvalue weighted by molar-refractivity contribution is 14.0. The van der Waals surface area contributed by atoms with Gasteiger partial charge in [0.05, 0.1) is 32.6 Å². The van der Waals surface area contributed by atoms with E-state index >= 15 is 0 Å². The number of morpholine rings is 1. The molecule has 7 nitrogen and oxygen atoms in total. The van der Waals surface area contributed by atoms with Gasteiger partial charge in [-0.3, -0.25) is 9.89 Å². The lowest BCUT2D eigenvalue weighted by Crippen LogP contribution is -2.45. The highest BCUT2D eigenvalue weighted by Gasteiger charge is 2.25. The number of anilines is 1. The normalized spacial score (nSPS) is 20.6. The SMILES string of the molecule is CCNC(=NCCN1CCOCC1)NC1CCN(c2ccccc2OC)C1.I. The Morgan fingerprint density at radius 3 is 2.79 bits per heavy atom. The fraction of sp³-hybridized carbons (Fsp3) is 0.650. The van der Waals surface area contributed by atoms with E-state index in [4.69, 9.17) is 14.5 Å². The number of nitrogens with one attached hydrogen (secondary N) is 2. The summed E-state index contributed by atoms with van der Waals surface area (Å²) in [6, 6.07) is 8.61. The Bertz CT molecular complexity index is 610. The number of methoxy groups -OCH3 is 1. The lowest BCUT2D eigenvalue weighted by molar-refractivity contribution is 0.0394. The predicted molar refractivity (Wildman–Crippen MR) is 125 cm³/mol. The highest BCUT2D eigenvalue weighted by Crippen LogP contribution is 2.30. The van der Waals surface area contributed by atoms with Crippen LogP contribution in [0.5, 0.6) is 5.75 Å². The molecule has 1 unspecified atom stereocenters. The minimum Gasteiger partial charge on any atom is -0.495 e. The second-order valence-electron chi connectivity index (χ2n) is 6.96. The topological polar surface area (TPSA) is 61.4 Å². The van der Waals surface area contributed by atoms with Crippen molar-refractivity contribution in [3.05, 3.63) is 24.3 Å². The van der Waals surface area contributed by atoms with Crippen LogP contribution >= 0.6 is 24.0 Å².